The molecule has 0 radical (unpaired) electrons. The van der Waals surface area contributed by atoms with Crippen LogP contribution < -0.4 is 5.73 Å². The quantitative estimate of drug-likeness (QED) is 0.832. The third-order valence-electron chi connectivity index (χ3n) is 3.21. The molecule has 1 saturated carbocycles. The molecule has 1 aromatic heterocycles. The molecule has 78 valence electrons. The minimum absolute atomic E-state index is 0.409. The zero-order chi connectivity index (χ0) is 10.2. The highest BCUT2D eigenvalue weighted by Gasteiger charge is 2.37. The molecule has 0 aliphatic heterocycles. The molecule has 0 saturated heterocycles. The molecule has 0 amide bonds. The second-order valence-corrected chi connectivity index (χ2v) is 5.39. The lowest BCUT2D eigenvalue weighted by atomic mass is 9.84. The van der Waals surface area contributed by atoms with Gasteiger partial charge in [-0.25, -0.2) is 4.68 Å². The van der Waals surface area contributed by atoms with Gasteiger partial charge in [0, 0.05) is 10.3 Å². The molecule has 0 bridgehead atoms. The minimum Gasteiger partial charge on any atom is -0.384 e. The van der Waals surface area contributed by atoms with Crippen molar-refractivity contribution in [2.24, 2.45) is 0 Å². The molecule has 4 heteroatoms. The Kier molecular flexibility index (Phi) is 2.47. The summed E-state index contributed by atoms with van der Waals surface area (Å²) >= 11 is 1.96. The fourth-order valence-corrected chi connectivity index (χ4v) is 2.83. The van der Waals surface area contributed by atoms with Gasteiger partial charge in [-0.3, -0.25) is 0 Å². The van der Waals surface area contributed by atoms with E-state index < -0.39 is 0 Å². The molecule has 3 nitrogen and oxygen atoms in total. The fraction of sp³-hybridized carbons (Fsp3) is 0.700. The monoisotopic (exact) mass is 211 g/mol. The van der Waals surface area contributed by atoms with Crippen LogP contribution in [0.2, 0.25) is 0 Å². The molecule has 1 aliphatic rings. The van der Waals surface area contributed by atoms with Crippen molar-refractivity contribution >= 4 is 17.6 Å². The molecule has 2 rings (SSSR count). The number of rotatable bonds is 3. The Morgan fingerprint density at radius 3 is 2.71 bits per heavy atom. The third-order valence-corrected chi connectivity index (χ3v) is 4.61. The summed E-state index contributed by atoms with van der Waals surface area (Å²) in [5.74, 6) is 0.824. The van der Waals surface area contributed by atoms with Gasteiger partial charge in [0.15, 0.2) is 0 Å². The van der Waals surface area contributed by atoms with Crippen molar-refractivity contribution in [3.05, 3.63) is 11.8 Å². The number of nitrogen functional groups attached to an aromatic ring is 1. The molecule has 1 heterocycles. The maximum atomic E-state index is 5.93. The Labute approximate surface area is 89.1 Å². The summed E-state index contributed by atoms with van der Waals surface area (Å²) in [5, 5.41) is 4.31. The molecule has 2 N–H and O–H groups in total. The average molecular weight is 211 g/mol. The first-order chi connectivity index (χ1) is 6.67. The van der Waals surface area contributed by atoms with Crippen molar-refractivity contribution in [1.82, 2.24) is 9.78 Å². The molecule has 1 fully saturated rings. The van der Waals surface area contributed by atoms with Crippen LogP contribution in [0.15, 0.2) is 6.20 Å². The number of aromatic nitrogens is 2. The predicted octanol–water partition coefficient (Wildman–Crippen LogP) is 2.06. The molecular formula is C10H17N3S. The second kappa shape index (κ2) is 3.50. The normalized spacial score (nSPS) is 19.3. The number of nitrogens with two attached hydrogens (primary N) is 1. The van der Waals surface area contributed by atoms with Crippen LogP contribution in [0.4, 0.5) is 5.82 Å². The van der Waals surface area contributed by atoms with E-state index in [2.05, 4.69) is 11.4 Å². The van der Waals surface area contributed by atoms with E-state index >= 15 is 0 Å². The molecule has 14 heavy (non-hydrogen) atoms. The summed E-state index contributed by atoms with van der Waals surface area (Å²) in [7, 11) is 0. The zero-order valence-corrected chi connectivity index (χ0v) is 9.60. The smallest absolute Gasteiger partial charge is 0.124 e. The fourth-order valence-electron chi connectivity index (χ4n) is 1.89. The van der Waals surface area contributed by atoms with Gasteiger partial charge in [-0.05, 0) is 26.0 Å². The molecular weight excluding hydrogens is 194 g/mol. The van der Waals surface area contributed by atoms with Gasteiger partial charge in [-0.15, -0.1) is 0 Å². The van der Waals surface area contributed by atoms with Crippen molar-refractivity contribution in [2.45, 2.75) is 37.5 Å². The Morgan fingerprint density at radius 2 is 2.36 bits per heavy atom. The number of nitrogens with zero attached hydrogens (tertiary/aromatic N) is 2. The second-order valence-electron chi connectivity index (χ2n) is 4.11. The Morgan fingerprint density at radius 1 is 1.64 bits per heavy atom. The SMILES string of the molecule is CSC1(Cn2ncc(C)c2N)CCC1. The lowest BCUT2D eigenvalue weighted by Gasteiger charge is -2.40. The van der Waals surface area contributed by atoms with E-state index in [0.29, 0.717) is 4.75 Å². The summed E-state index contributed by atoms with van der Waals surface area (Å²) < 4.78 is 2.36. The van der Waals surface area contributed by atoms with Crippen molar-refractivity contribution in [1.29, 1.82) is 0 Å². The van der Waals surface area contributed by atoms with Crippen LogP contribution in [-0.4, -0.2) is 20.8 Å². The maximum absolute atomic E-state index is 5.93. The number of anilines is 1. The standard InChI is InChI=1S/C10H17N3S/c1-8-6-12-13(9(8)11)7-10(14-2)4-3-5-10/h6H,3-5,7,11H2,1-2H3. The highest BCUT2D eigenvalue weighted by atomic mass is 32.2. The van der Waals surface area contributed by atoms with Gasteiger partial charge in [0.2, 0.25) is 0 Å². The molecule has 0 spiro atoms. The average Bonchev–Trinajstić information content (AvgIpc) is 2.42. The first kappa shape index (κ1) is 9.90. The molecule has 0 aromatic carbocycles. The van der Waals surface area contributed by atoms with Gasteiger partial charge in [-0.2, -0.15) is 16.9 Å². The van der Waals surface area contributed by atoms with Crippen LogP contribution in [0.25, 0.3) is 0 Å². The Bertz CT molecular complexity index is 323. The number of thioether (sulfide) groups is 1. The Balaban J connectivity index is 2.13. The summed E-state index contributed by atoms with van der Waals surface area (Å²) in [5.41, 5.74) is 7.02. The van der Waals surface area contributed by atoms with Gasteiger partial charge in [0.1, 0.15) is 5.82 Å². The minimum atomic E-state index is 0.409. The van der Waals surface area contributed by atoms with Crippen LogP contribution >= 0.6 is 11.8 Å². The van der Waals surface area contributed by atoms with Crippen molar-refractivity contribution < 1.29 is 0 Å². The topological polar surface area (TPSA) is 43.8 Å². The molecule has 0 atom stereocenters. The van der Waals surface area contributed by atoms with Crippen LogP contribution in [0.1, 0.15) is 24.8 Å². The van der Waals surface area contributed by atoms with E-state index in [1.165, 1.54) is 19.3 Å². The highest BCUT2D eigenvalue weighted by Crippen LogP contribution is 2.44. The van der Waals surface area contributed by atoms with E-state index in [0.717, 1.165) is 17.9 Å². The van der Waals surface area contributed by atoms with Crippen molar-refractivity contribution in [2.75, 3.05) is 12.0 Å². The highest BCUT2D eigenvalue weighted by molar-refractivity contribution is 8.00. The van der Waals surface area contributed by atoms with Crippen LogP contribution in [0.5, 0.6) is 0 Å². The van der Waals surface area contributed by atoms with Crippen LogP contribution in [0.3, 0.4) is 0 Å². The van der Waals surface area contributed by atoms with Crippen molar-refractivity contribution in [3.63, 3.8) is 0 Å². The number of hydrogen-bond donors (Lipinski definition) is 1. The molecule has 1 aromatic rings. The van der Waals surface area contributed by atoms with E-state index in [1.807, 2.05) is 29.6 Å². The largest absolute Gasteiger partial charge is 0.384 e. The van der Waals surface area contributed by atoms with Gasteiger partial charge in [-0.1, -0.05) is 6.42 Å². The first-order valence-corrected chi connectivity index (χ1v) is 6.22. The van der Waals surface area contributed by atoms with E-state index in [-0.39, 0.29) is 0 Å². The summed E-state index contributed by atoms with van der Waals surface area (Å²) in [4.78, 5) is 0. The van der Waals surface area contributed by atoms with Crippen LogP contribution in [-0.2, 0) is 6.54 Å². The third kappa shape index (κ3) is 1.52. The lowest BCUT2D eigenvalue weighted by molar-refractivity contribution is 0.312. The predicted molar refractivity (Wildman–Crippen MR) is 61.5 cm³/mol. The Hall–Kier alpha value is -0.640. The van der Waals surface area contributed by atoms with Gasteiger partial charge in [0.05, 0.1) is 12.7 Å². The number of hydrogen-bond acceptors (Lipinski definition) is 3. The molecule has 1 aliphatic carbocycles. The van der Waals surface area contributed by atoms with Crippen LogP contribution in [0, 0.1) is 6.92 Å². The van der Waals surface area contributed by atoms with Gasteiger partial charge < -0.3 is 5.73 Å². The van der Waals surface area contributed by atoms with Crippen molar-refractivity contribution in [3.8, 4) is 0 Å². The summed E-state index contributed by atoms with van der Waals surface area (Å²) in [6, 6.07) is 0. The summed E-state index contributed by atoms with van der Waals surface area (Å²) in [6.07, 6.45) is 7.98. The summed E-state index contributed by atoms with van der Waals surface area (Å²) in [6.45, 7) is 2.97. The zero-order valence-electron chi connectivity index (χ0n) is 8.79. The van der Waals surface area contributed by atoms with E-state index in [4.69, 9.17) is 5.73 Å². The van der Waals surface area contributed by atoms with E-state index in [1.54, 1.807) is 0 Å². The lowest BCUT2D eigenvalue weighted by Crippen LogP contribution is -2.38. The van der Waals surface area contributed by atoms with Gasteiger partial charge >= 0.3 is 0 Å². The van der Waals surface area contributed by atoms with Gasteiger partial charge in [0.25, 0.3) is 0 Å². The first-order valence-electron chi connectivity index (χ1n) is 5.00. The molecule has 0 unspecified atom stereocenters. The van der Waals surface area contributed by atoms with E-state index in [9.17, 15) is 0 Å². The number of aryl methyl sites for hydroxylation is 1. The maximum Gasteiger partial charge on any atom is 0.124 e.